The van der Waals surface area contributed by atoms with Crippen LogP contribution in [0.4, 0.5) is 5.82 Å². The summed E-state index contributed by atoms with van der Waals surface area (Å²) in [4.78, 5) is 12.4. The molecule has 3 N–H and O–H groups in total. The lowest BCUT2D eigenvalue weighted by Crippen LogP contribution is -2.31. The van der Waals surface area contributed by atoms with Crippen LogP contribution in [0.25, 0.3) is 0 Å². The second-order valence-electron chi connectivity index (χ2n) is 5.09. The molecule has 0 unspecified atom stereocenters. The summed E-state index contributed by atoms with van der Waals surface area (Å²) in [6.45, 7) is 2.10. The topological polar surface area (TPSA) is 94.6 Å². The maximum atomic E-state index is 12.4. The van der Waals surface area contributed by atoms with Gasteiger partial charge in [0.2, 0.25) is 0 Å². The highest BCUT2D eigenvalue weighted by Gasteiger charge is 2.24. The molecule has 0 saturated carbocycles. The maximum Gasteiger partial charge on any atom is 0.260 e. The summed E-state index contributed by atoms with van der Waals surface area (Å²) in [5.41, 5.74) is 2.34. The first kappa shape index (κ1) is 13.7. The van der Waals surface area contributed by atoms with E-state index < -0.39 is 0 Å². The van der Waals surface area contributed by atoms with Gasteiger partial charge in [-0.3, -0.25) is 20.2 Å². The van der Waals surface area contributed by atoms with Crippen molar-refractivity contribution in [1.82, 2.24) is 8.94 Å². The molecule has 0 radical (unpaired) electrons. The number of nitrogens with zero attached hydrogens (tertiary/aromatic N) is 2. The van der Waals surface area contributed by atoms with Crippen LogP contribution >= 0.6 is 11.5 Å². The molecule has 2 aromatic heterocycles. The van der Waals surface area contributed by atoms with Crippen LogP contribution in [0.2, 0.25) is 0 Å². The van der Waals surface area contributed by atoms with Crippen molar-refractivity contribution in [2.75, 3.05) is 5.32 Å². The minimum Gasteiger partial charge on any atom is -0.306 e. The molecule has 7 heteroatoms. The Labute approximate surface area is 125 Å². The fourth-order valence-corrected chi connectivity index (χ4v) is 3.16. The Morgan fingerprint density at radius 3 is 3.10 bits per heavy atom. The zero-order valence-electron chi connectivity index (χ0n) is 11.5. The van der Waals surface area contributed by atoms with Crippen molar-refractivity contribution in [2.45, 2.75) is 25.7 Å². The van der Waals surface area contributed by atoms with Crippen molar-refractivity contribution in [3.05, 3.63) is 39.8 Å². The standard InChI is InChI=1S/C14H15N5OS/c1-8-2-3-11-9(8)6-10(13(16)19(11)7-15)14(20)17-12-4-5-21-18-12/h4-8,15-16H,2-3H2,1H3,(H,17,18,20)/t8-/m0/s1. The van der Waals surface area contributed by atoms with Crippen molar-refractivity contribution in [3.8, 4) is 0 Å². The summed E-state index contributed by atoms with van der Waals surface area (Å²) < 4.78 is 5.53. The summed E-state index contributed by atoms with van der Waals surface area (Å²) in [7, 11) is 0. The molecule has 1 aliphatic rings. The van der Waals surface area contributed by atoms with Crippen molar-refractivity contribution < 1.29 is 4.79 Å². The molecule has 6 nitrogen and oxygen atoms in total. The molecule has 0 fully saturated rings. The molecule has 0 spiro atoms. The van der Waals surface area contributed by atoms with Gasteiger partial charge in [-0.1, -0.05) is 6.92 Å². The lowest BCUT2D eigenvalue weighted by atomic mass is 10.0. The van der Waals surface area contributed by atoms with Gasteiger partial charge in [-0.25, -0.2) is 0 Å². The highest BCUT2D eigenvalue weighted by molar-refractivity contribution is 7.03. The van der Waals surface area contributed by atoms with E-state index in [1.54, 1.807) is 17.5 Å². The molecule has 108 valence electrons. The number of aromatic nitrogens is 2. The smallest absolute Gasteiger partial charge is 0.260 e. The summed E-state index contributed by atoms with van der Waals surface area (Å²) in [6, 6.07) is 3.50. The number of fused-ring (bicyclic) bond motifs is 1. The van der Waals surface area contributed by atoms with Gasteiger partial charge in [-0.05, 0) is 48.0 Å². The molecule has 2 aromatic rings. The summed E-state index contributed by atoms with van der Waals surface area (Å²) in [6.07, 6.45) is 2.93. The van der Waals surface area contributed by atoms with Gasteiger partial charge in [0.15, 0.2) is 0 Å². The van der Waals surface area contributed by atoms with Gasteiger partial charge < -0.3 is 5.32 Å². The van der Waals surface area contributed by atoms with Gasteiger partial charge in [0.05, 0.1) is 11.9 Å². The molecule has 0 aromatic carbocycles. The normalized spacial score (nSPS) is 16.5. The van der Waals surface area contributed by atoms with E-state index in [0.717, 1.165) is 30.4 Å². The molecule has 2 heterocycles. The van der Waals surface area contributed by atoms with Crippen LogP contribution in [-0.2, 0) is 6.42 Å². The molecular weight excluding hydrogens is 286 g/mol. The van der Waals surface area contributed by atoms with Crippen LogP contribution in [0, 0.1) is 10.8 Å². The van der Waals surface area contributed by atoms with Crippen molar-refractivity contribution >= 4 is 29.6 Å². The second-order valence-corrected chi connectivity index (χ2v) is 5.75. The van der Waals surface area contributed by atoms with Crippen molar-refractivity contribution in [2.24, 2.45) is 0 Å². The first-order valence-electron chi connectivity index (χ1n) is 6.67. The number of rotatable bonds is 3. The molecular formula is C14H15N5OS. The number of nitrogens with one attached hydrogen (secondary N) is 3. The SMILES string of the molecule is C[C@H]1CCc2c1cc(C(=O)Nc1ccsn1)c(=N)n2C=N. The van der Waals surface area contributed by atoms with Gasteiger partial charge >= 0.3 is 0 Å². The van der Waals surface area contributed by atoms with Crippen LogP contribution < -0.4 is 10.8 Å². The largest absolute Gasteiger partial charge is 0.306 e. The number of pyridine rings is 1. The molecule has 21 heavy (non-hydrogen) atoms. The van der Waals surface area contributed by atoms with E-state index in [2.05, 4.69) is 16.6 Å². The van der Waals surface area contributed by atoms with Gasteiger partial charge in [0, 0.05) is 11.1 Å². The maximum absolute atomic E-state index is 12.4. The van der Waals surface area contributed by atoms with E-state index in [1.165, 1.54) is 16.1 Å². The van der Waals surface area contributed by atoms with Crippen LogP contribution in [0.5, 0.6) is 0 Å². The Balaban J connectivity index is 2.07. The minimum absolute atomic E-state index is 0.0468. The van der Waals surface area contributed by atoms with Gasteiger partial charge in [0.25, 0.3) is 5.91 Å². The molecule has 1 amide bonds. The number of amides is 1. The van der Waals surface area contributed by atoms with E-state index in [4.69, 9.17) is 10.8 Å². The third-order valence-corrected chi connectivity index (χ3v) is 4.38. The second kappa shape index (κ2) is 5.25. The Hall–Kier alpha value is -2.28. The monoisotopic (exact) mass is 301 g/mol. The first-order valence-corrected chi connectivity index (χ1v) is 7.50. The van der Waals surface area contributed by atoms with E-state index in [0.29, 0.717) is 11.7 Å². The molecule has 1 aliphatic carbocycles. The van der Waals surface area contributed by atoms with Crippen LogP contribution in [0.1, 0.15) is 40.9 Å². The van der Waals surface area contributed by atoms with Gasteiger partial charge in [0.1, 0.15) is 11.3 Å². The summed E-state index contributed by atoms with van der Waals surface area (Å²) in [5.74, 6) is 0.473. The molecule has 0 aliphatic heterocycles. The zero-order chi connectivity index (χ0) is 15.0. The Bertz CT molecular complexity index is 762. The Morgan fingerprint density at radius 2 is 2.43 bits per heavy atom. The van der Waals surface area contributed by atoms with Crippen LogP contribution in [0.15, 0.2) is 17.5 Å². The molecule has 0 bridgehead atoms. The number of hydrogen-bond donors (Lipinski definition) is 3. The van der Waals surface area contributed by atoms with Crippen molar-refractivity contribution in [1.29, 1.82) is 10.8 Å². The van der Waals surface area contributed by atoms with Gasteiger partial charge in [-0.2, -0.15) is 4.37 Å². The molecule has 3 rings (SSSR count). The number of carbonyl (C=O) groups excluding carboxylic acids is 1. The van der Waals surface area contributed by atoms with Crippen molar-refractivity contribution in [3.63, 3.8) is 0 Å². The average molecular weight is 301 g/mol. The molecule has 1 atom stereocenters. The quantitative estimate of drug-likeness (QED) is 0.598. The fraction of sp³-hybridized carbons (Fsp3) is 0.286. The number of anilines is 1. The highest BCUT2D eigenvalue weighted by Crippen LogP contribution is 2.31. The number of hydrogen-bond acceptors (Lipinski definition) is 5. The van der Waals surface area contributed by atoms with E-state index in [-0.39, 0.29) is 17.0 Å². The number of carbonyl (C=O) groups is 1. The fourth-order valence-electron chi connectivity index (χ4n) is 2.69. The molecule has 0 saturated heterocycles. The van der Waals surface area contributed by atoms with Crippen LogP contribution in [0.3, 0.4) is 0 Å². The minimum atomic E-state index is -0.358. The predicted octanol–water partition coefficient (Wildman–Crippen LogP) is 2.18. The Morgan fingerprint density at radius 1 is 1.62 bits per heavy atom. The first-order chi connectivity index (χ1) is 10.1. The summed E-state index contributed by atoms with van der Waals surface area (Å²) in [5, 5.41) is 20.2. The van der Waals surface area contributed by atoms with Crippen LogP contribution in [-0.4, -0.2) is 21.2 Å². The predicted molar refractivity (Wildman–Crippen MR) is 81.3 cm³/mol. The third kappa shape index (κ3) is 2.29. The summed E-state index contributed by atoms with van der Waals surface area (Å²) >= 11 is 1.26. The van der Waals surface area contributed by atoms with Gasteiger partial charge in [-0.15, -0.1) is 0 Å². The lowest BCUT2D eigenvalue weighted by Gasteiger charge is -2.13. The Kier molecular flexibility index (Phi) is 3.42. The highest BCUT2D eigenvalue weighted by atomic mass is 32.1. The zero-order valence-corrected chi connectivity index (χ0v) is 12.3. The van der Waals surface area contributed by atoms with E-state index in [1.807, 2.05) is 0 Å². The van der Waals surface area contributed by atoms with E-state index >= 15 is 0 Å². The lowest BCUT2D eigenvalue weighted by molar-refractivity contribution is 0.102. The van der Waals surface area contributed by atoms with E-state index in [9.17, 15) is 4.79 Å². The third-order valence-electron chi connectivity index (χ3n) is 3.82. The average Bonchev–Trinajstić information content (AvgIpc) is 3.09.